The van der Waals surface area contributed by atoms with Crippen molar-refractivity contribution in [1.82, 2.24) is 0 Å². The maximum atomic E-state index is 9.34. The van der Waals surface area contributed by atoms with Gasteiger partial charge in [0.25, 0.3) is 0 Å². The number of nitrogens with one attached hydrogen (secondary N) is 1. The topological polar surface area (TPSA) is 32.3 Å². The smallest absolute Gasteiger partial charge is 0.134 e. The number of hydrogen-bond donors (Lipinski definition) is 2. The summed E-state index contributed by atoms with van der Waals surface area (Å²) in [5.41, 5.74) is 2.99. The quantitative estimate of drug-likeness (QED) is 0.861. The van der Waals surface area contributed by atoms with Crippen LogP contribution in [0.3, 0.4) is 0 Å². The Bertz CT molecular complexity index is 549. The molecule has 0 unspecified atom stereocenters. The molecule has 2 rings (SSSR count). The van der Waals surface area contributed by atoms with Crippen LogP contribution < -0.4 is 5.32 Å². The zero-order chi connectivity index (χ0) is 13.1. The second-order valence-corrected chi connectivity index (χ2v) is 4.89. The van der Waals surface area contributed by atoms with Gasteiger partial charge in [-0.25, -0.2) is 0 Å². The Morgan fingerprint density at radius 3 is 2.56 bits per heavy atom. The van der Waals surface area contributed by atoms with Crippen molar-refractivity contribution in [2.45, 2.75) is 13.5 Å². The van der Waals surface area contributed by atoms with Crippen molar-refractivity contribution in [3.8, 4) is 5.75 Å². The summed E-state index contributed by atoms with van der Waals surface area (Å²) in [5, 5.41) is 13.7. The summed E-state index contributed by atoms with van der Waals surface area (Å²) in [6.07, 6.45) is 0. The first-order valence-electron chi connectivity index (χ1n) is 5.54. The van der Waals surface area contributed by atoms with E-state index >= 15 is 0 Å². The summed E-state index contributed by atoms with van der Waals surface area (Å²) in [5.74, 6) is 0.0920. The van der Waals surface area contributed by atoms with Gasteiger partial charge in [-0.15, -0.1) is 0 Å². The minimum Gasteiger partial charge on any atom is -0.506 e. The summed E-state index contributed by atoms with van der Waals surface area (Å²) < 4.78 is 0. The summed E-state index contributed by atoms with van der Waals surface area (Å²) in [7, 11) is 0. The highest BCUT2D eigenvalue weighted by Gasteiger charge is 2.04. The van der Waals surface area contributed by atoms with Crippen LogP contribution in [0.15, 0.2) is 36.4 Å². The fourth-order valence-electron chi connectivity index (χ4n) is 1.71. The van der Waals surface area contributed by atoms with Gasteiger partial charge in [-0.3, -0.25) is 0 Å². The maximum absolute atomic E-state index is 9.34. The van der Waals surface area contributed by atoms with Crippen molar-refractivity contribution < 1.29 is 5.11 Å². The first-order valence-corrected chi connectivity index (χ1v) is 6.30. The lowest BCUT2D eigenvalue weighted by Gasteiger charge is -2.11. The van der Waals surface area contributed by atoms with Gasteiger partial charge in [0.05, 0.1) is 15.7 Å². The highest BCUT2D eigenvalue weighted by Crippen LogP contribution is 2.27. The molecule has 0 radical (unpaired) electrons. The number of anilines is 1. The van der Waals surface area contributed by atoms with E-state index in [1.807, 2.05) is 31.2 Å². The van der Waals surface area contributed by atoms with E-state index in [4.69, 9.17) is 23.2 Å². The molecule has 0 heterocycles. The second-order valence-electron chi connectivity index (χ2n) is 4.07. The molecule has 0 fully saturated rings. The fraction of sp³-hybridized carbons (Fsp3) is 0.143. The molecule has 0 spiro atoms. The number of aromatic hydroxyl groups is 1. The summed E-state index contributed by atoms with van der Waals surface area (Å²) in [6, 6.07) is 10.9. The minimum atomic E-state index is 0.0920. The first-order chi connectivity index (χ1) is 8.58. The molecule has 0 bridgehead atoms. The molecule has 0 saturated heterocycles. The zero-order valence-electron chi connectivity index (χ0n) is 9.87. The van der Waals surface area contributed by atoms with Crippen molar-refractivity contribution >= 4 is 28.9 Å². The number of para-hydroxylation sites is 1. The van der Waals surface area contributed by atoms with Crippen LogP contribution in [0.25, 0.3) is 0 Å². The number of phenolic OH excluding ortho intramolecular Hbond substituents is 1. The first kappa shape index (κ1) is 13.1. The van der Waals surface area contributed by atoms with E-state index in [1.54, 1.807) is 12.1 Å². The number of hydrogen-bond acceptors (Lipinski definition) is 2. The average molecular weight is 282 g/mol. The van der Waals surface area contributed by atoms with Gasteiger partial charge in [0.1, 0.15) is 5.75 Å². The van der Waals surface area contributed by atoms with Crippen molar-refractivity contribution in [3.63, 3.8) is 0 Å². The monoisotopic (exact) mass is 281 g/mol. The lowest BCUT2D eigenvalue weighted by molar-refractivity contribution is 0.475. The standard InChI is InChI=1S/C14H13Cl2NO/c1-9-3-2-4-11(15)14(9)17-8-10-5-6-13(18)12(16)7-10/h2-7,17-18H,8H2,1H3. The number of halogens is 2. The van der Waals surface area contributed by atoms with Gasteiger partial charge in [0.2, 0.25) is 0 Å². The van der Waals surface area contributed by atoms with Crippen LogP contribution in [0.5, 0.6) is 5.75 Å². The van der Waals surface area contributed by atoms with Crippen LogP contribution >= 0.6 is 23.2 Å². The minimum absolute atomic E-state index is 0.0920. The van der Waals surface area contributed by atoms with Gasteiger partial charge in [-0.2, -0.15) is 0 Å². The maximum Gasteiger partial charge on any atom is 0.134 e. The number of benzene rings is 2. The van der Waals surface area contributed by atoms with Gasteiger partial charge in [-0.05, 0) is 36.2 Å². The molecule has 0 aliphatic carbocycles. The summed E-state index contributed by atoms with van der Waals surface area (Å²) in [6.45, 7) is 2.60. The van der Waals surface area contributed by atoms with Gasteiger partial charge >= 0.3 is 0 Å². The fourth-order valence-corrected chi connectivity index (χ4v) is 2.20. The van der Waals surface area contributed by atoms with E-state index < -0.39 is 0 Å². The highest BCUT2D eigenvalue weighted by molar-refractivity contribution is 6.33. The molecule has 0 aromatic heterocycles. The molecule has 94 valence electrons. The molecular formula is C14H13Cl2NO. The molecule has 0 saturated carbocycles. The van der Waals surface area contributed by atoms with E-state index in [0.717, 1.165) is 16.8 Å². The van der Waals surface area contributed by atoms with Crippen molar-refractivity contribution in [2.24, 2.45) is 0 Å². The van der Waals surface area contributed by atoms with Crippen LogP contribution in [0.1, 0.15) is 11.1 Å². The highest BCUT2D eigenvalue weighted by atomic mass is 35.5. The molecule has 2 aromatic carbocycles. The molecular weight excluding hydrogens is 269 g/mol. The molecule has 4 heteroatoms. The summed E-state index contributed by atoms with van der Waals surface area (Å²) >= 11 is 12.0. The van der Waals surface area contributed by atoms with Gasteiger partial charge < -0.3 is 10.4 Å². The molecule has 2 nitrogen and oxygen atoms in total. The van der Waals surface area contributed by atoms with Gasteiger partial charge in [-0.1, -0.05) is 41.4 Å². The van der Waals surface area contributed by atoms with E-state index in [1.165, 1.54) is 0 Å². The van der Waals surface area contributed by atoms with Crippen LogP contribution in [0.2, 0.25) is 10.0 Å². The van der Waals surface area contributed by atoms with Crippen molar-refractivity contribution in [3.05, 3.63) is 57.6 Å². The molecule has 0 amide bonds. The number of phenols is 1. The molecule has 0 aliphatic heterocycles. The van der Waals surface area contributed by atoms with E-state index in [2.05, 4.69) is 5.32 Å². The predicted molar refractivity (Wildman–Crippen MR) is 76.6 cm³/mol. The normalized spacial score (nSPS) is 10.4. The van der Waals surface area contributed by atoms with Gasteiger partial charge in [0, 0.05) is 6.54 Å². The number of aryl methyl sites for hydroxylation is 1. The van der Waals surface area contributed by atoms with E-state index in [9.17, 15) is 5.11 Å². The number of rotatable bonds is 3. The Labute approximate surface area is 116 Å². The molecule has 18 heavy (non-hydrogen) atoms. The Balaban J connectivity index is 2.14. The predicted octanol–water partition coefficient (Wildman–Crippen LogP) is 4.62. The molecule has 0 atom stereocenters. The second kappa shape index (κ2) is 5.51. The van der Waals surface area contributed by atoms with Crippen LogP contribution in [0.4, 0.5) is 5.69 Å². The Hall–Kier alpha value is -1.38. The Morgan fingerprint density at radius 1 is 1.11 bits per heavy atom. The SMILES string of the molecule is Cc1cccc(Cl)c1NCc1ccc(O)c(Cl)c1. The van der Waals surface area contributed by atoms with Gasteiger partial charge in [0.15, 0.2) is 0 Å². The zero-order valence-corrected chi connectivity index (χ0v) is 11.4. The Morgan fingerprint density at radius 2 is 1.89 bits per heavy atom. The third-order valence-electron chi connectivity index (χ3n) is 2.70. The molecule has 2 N–H and O–H groups in total. The third-order valence-corrected chi connectivity index (χ3v) is 3.32. The lowest BCUT2D eigenvalue weighted by atomic mass is 10.1. The van der Waals surface area contributed by atoms with Crippen molar-refractivity contribution in [1.29, 1.82) is 0 Å². The molecule has 2 aromatic rings. The van der Waals surface area contributed by atoms with Crippen LogP contribution in [-0.2, 0) is 6.54 Å². The Kier molecular flexibility index (Phi) is 4.00. The van der Waals surface area contributed by atoms with Crippen LogP contribution in [-0.4, -0.2) is 5.11 Å². The van der Waals surface area contributed by atoms with Crippen molar-refractivity contribution in [2.75, 3.05) is 5.32 Å². The third kappa shape index (κ3) is 2.89. The van der Waals surface area contributed by atoms with E-state index in [0.29, 0.717) is 16.6 Å². The lowest BCUT2D eigenvalue weighted by Crippen LogP contribution is -2.01. The largest absolute Gasteiger partial charge is 0.506 e. The average Bonchev–Trinajstić information content (AvgIpc) is 2.33. The van der Waals surface area contributed by atoms with E-state index in [-0.39, 0.29) is 5.75 Å². The van der Waals surface area contributed by atoms with Crippen LogP contribution in [0, 0.1) is 6.92 Å². The molecule has 0 aliphatic rings. The summed E-state index contributed by atoms with van der Waals surface area (Å²) in [4.78, 5) is 0.